The fourth-order valence-corrected chi connectivity index (χ4v) is 5.04. The maximum atomic E-state index is 10.9. The highest BCUT2D eigenvalue weighted by molar-refractivity contribution is 8.00. The highest BCUT2D eigenvalue weighted by Gasteiger charge is 2.44. The molecule has 1 N–H and O–H groups in total. The first-order valence-corrected chi connectivity index (χ1v) is 7.61. The van der Waals surface area contributed by atoms with Gasteiger partial charge in [-0.3, -0.25) is 0 Å². The predicted octanol–water partition coefficient (Wildman–Crippen LogP) is 3.49. The number of aliphatic hydroxyl groups is 1. The lowest BCUT2D eigenvalue weighted by Gasteiger charge is -2.36. The van der Waals surface area contributed by atoms with Crippen LogP contribution in [-0.4, -0.2) is 15.6 Å². The maximum Gasteiger partial charge on any atom is 0.0917 e. The third kappa shape index (κ3) is 2.13. The van der Waals surface area contributed by atoms with Crippen molar-refractivity contribution in [2.24, 2.45) is 0 Å². The van der Waals surface area contributed by atoms with Crippen LogP contribution in [0.15, 0.2) is 24.3 Å². The van der Waals surface area contributed by atoms with E-state index in [-0.39, 0.29) is 0 Å². The van der Waals surface area contributed by atoms with E-state index < -0.39 is 5.60 Å². The van der Waals surface area contributed by atoms with Crippen LogP contribution >= 0.6 is 11.8 Å². The third-order valence-corrected chi connectivity index (χ3v) is 5.80. The predicted molar refractivity (Wildman–Crippen MR) is 73.4 cm³/mol. The summed E-state index contributed by atoms with van der Waals surface area (Å²) in [5, 5.41) is 12.2. The maximum absolute atomic E-state index is 10.9. The van der Waals surface area contributed by atoms with E-state index in [2.05, 4.69) is 43.0 Å². The van der Waals surface area contributed by atoms with Crippen molar-refractivity contribution in [3.63, 3.8) is 0 Å². The minimum Gasteiger partial charge on any atom is -0.385 e. The molecule has 2 unspecified atom stereocenters. The summed E-state index contributed by atoms with van der Waals surface area (Å²) in [6.07, 6.45) is 5.55. The minimum absolute atomic E-state index is 0.552. The van der Waals surface area contributed by atoms with Crippen molar-refractivity contribution < 1.29 is 5.11 Å². The number of hydrogen-bond donors (Lipinski definition) is 1. The van der Waals surface area contributed by atoms with Crippen molar-refractivity contribution in [2.75, 3.05) is 0 Å². The largest absolute Gasteiger partial charge is 0.385 e. The van der Waals surface area contributed by atoms with Gasteiger partial charge in [0.1, 0.15) is 0 Å². The number of hydrogen-bond acceptors (Lipinski definition) is 2. The zero-order valence-corrected chi connectivity index (χ0v) is 11.2. The van der Waals surface area contributed by atoms with Crippen LogP contribution in [0.5, 0.6) is 0 Å². The third-order valence-electron chi connectivity index (χ3n) is 4.23. The minimum atomic E-state index is -0.552. The summed E-state index contributed by atoms with van der Waals surface area (Å²) in [6, 6.07) is 8.59. The lowest BCUT2D eigenvalue weighted by Crippen LogP contribution is -2.34. The number of thioether (sulfide) groups is 1. The molecule has 3 rings (SSSR count). The zero-order chi connectivity index (χ0) is 11.9. The van der Waals surface area contributed by atoms with E-state index in [9.17, 15) is 5.11 Å². The molecule has 1 aromatic carbocycles. The summed E-state index contributed by atoms with van der Waals surface area (Å²) in [6.45, 7) is 2.17. The summed E-state index contributed by atoms with van der Waals surface area (Å²) in [4.78, 5) is 0. The van der Waals surface area contributed by atoms with Gasteiger partial charge in [-0.25, -0.2) is 0 Å². The van der Waals surface area contributed by atoms with E-state index in [1.807, 2.05) is 0 Å². The van der Waals surface area contributed by atoms with E-state index in [4.69, 9.17) is 0 Å². The van der Waals surface area contributed by atoms with E-state index >= 15 is 0 Å². The molecule has 0 spiro atoms. The highest BCUT2D eigenvalue weighted by Crippen LogP contribution is 2.51. The molecule has 2 heteroatoms. The molecular weight excluding hydrogens is 228 g/mol. The SMILES string of the molecule is CCc1ccc(C2(O)CC3CCC(C2)S3)cc1. The second kappa shape index (κ2) is 4.33. The van der Waals surface area contributed by atoms with E-state index in [0.29, 0.717) is 10.5 Å². The lowest BCUT2D eigenvalue weighted by molar-refractivity contribution is 0.0196. The molecule has 0 aromatic heterocycles. The summed E-state index contributed by atoms with van der Waals surface area (Å²) in [5.41, 5.74) is 1.93. The molecule has 17 heavy (non-hydrogen) atoms. The monoisotopic (exact) mass is 248 g/mol. The van der Waals surface area contributed by atoms with Gasteiger partial charge in [0, 0.05) is 10.5 Å². The first-order chi connectivity index (χ1) is 8.19. The second-order valence-electron chi connectivity index (χ2n) is 5.45. The fourth-order valence-electron chi connectivity index (χ4n) is 3.20. The van der Waals surface area contributed by atoms with Crippen LogP contribution in [0.4, 0.5) is 0 Å². The van der Waals surface area contributed by atoms with Crippen molar-refractivity contribution in [1.29, 1.82) is 0 Å². The first kappa shape index (κ1) is 11.6. The number of fused-ring (bicyclic) bond motifs is 2. The highest BCUT2D eigenvalue weighted by atomic mass is 32.2. The van der Waals surface area contributed by atoms with Crippen LogP contribution in [0.1, 0.15) is 43.7 Å². The molecule has 2 aliphatic heterocycles. The van der Waals surface area contributed by atoms with Crippen LogP contribution < -0.4 is 0 Å². The topological polar surface area (TPSA) is 20.2 Å². The first-order valence-electron chi connectivity index (χ1n) is 6.67. The standard InChI is InChI=1S/C15H20OS/c1-2-11-3-5-12(6-4-11)15(16)9-13-7-8-14(10-15)17-13/h3-6,13-14,16H,2,7-10H2,1H3. The van der Waals surface area contributed by atoms with Gasteiger partial charge in [-0.15, -0.1) is 0 Å². The van der Waals surface area contributed by atoms with Crippen LogP contribution in [0.25, 0.3) is 0 Å². The lowest BCUT2D eigenvalue weighted by atomic mass is 9.85. The van der Waals surface area contributed by atoms with Crippen molar-refractivity contribution >= 4 is 11.8 Å². The van der Waals surface area contributed by atoms with Crippen LogP contribution in [0, 0.1) is 0 Å². The number of benzene rings is 1. The Hall–Kier alpha value is -0.470. The van der Waals surface area contributed by atoms with Crippen molar-refractivity contribution in [3.8, 4) is 0 Å². The van der Waals surface area contributed by atoms with E-state index in [0.717, 1.165) is 24.8 Å². The molecule has 2 aliphatic rings. The van der Waals surface area contributed by atoms with Crippen molar-refractivity contribution in [2.45, 2.75) is 55.1 Å². The Balaban J connectivity index is 1.86. The van der Waals surface area contributed by atoms with Gasteiger partial charge in [0.2, 0.25) is 0 Å². The van der Waals surface area contributed by atoms with E-state index in [1.165, 1.54) is 18.4 Å². The van der Waals surface area contributed by atoms with Gasteiger partial charge in [-0.1, -0.05) is 31.2 Å². The summed E-state index contributed by atoms with van der Waals surface area (Å²) >= 11 is 2.10. The van der Waals surface area contributed by atoms with Crippen LogP contribution in [0.2, 0.25) is 0 Å². The van der Waals surface area contributed by atoms with Crippen LogP contribution in [-0.2, 0) is 12.0 Å². The molecular formula is C15H20OS. The Morgan fingerprint density at radius 1 is 1.18 bits per heavy atom. The summed E-state index contributed by atoms with van der Waals surface area (Å²) in [7, 11) is 0. The molecule has 2 saturated heterocycles. The number of aryl methyl sites for hydroxylation is 1. The van der Waals surface area contributed by atoms with E-state index in [1.54, 1.807) is 0 Å². The molecule has 2 atom stereocenters. The molecule has 0 radical (unpaired) electrons. The molecule has 2 bridgehead atoms. The molecule has 1 aromatic rings. The van der Waals surface area contributed by atoms with Gasteiger partial charge in [0.25, 0.3) is 0 Å². The Bertz CT molecular complexity index is 386. The summed E-state index contributed by atoms with van der Waals surface area (Å²) < 4.78 is 0. The molecule has 2 heterocycles. The fraction of sp³-hybridized carbons (Fsp3) is 0.600. The Kier molecular flexibility index (Phi) is 2.95. The molecule has 92 valence electrons. The average molecular weight is 248 g/mol. The quantitative estimate of drug-likeness (QED) is 0.864. The molecule has 2 fully saturated rings. The second-order valence-corrected chi connectivity index (χ2v) is 7.05. The van der Waals surface area contributed by atoms with Gasteiger partial charge in [0.05, 0.1) is 5.60 Å². The summed E-state index contributed by atoms with van der Waals surface area (Å²) in [5.74, 6) is 0. The van der Waals surface area contributed by atoms with Gasteiger partial charge < -0.3 is 5.11 Å². The zero-order valence-electron chi connectivity index (χ0n) is 10.4. The van der Waals surface area contributed by atoms with Gasteiger partial charge in [-0.2, -0.15) is 11.8 Å². The molecule has 1 nitrogen and oxygen atoms in total. The normalized spacial score (nSPS) is 36.1. The number of rotatable bonds is 2. The van der Waals surface area contributed by atoms with Gasteiger partial charge >= 0.3 is 0 Å². The van der Waals surface area contributed by atoms with Crippen molar-refractivity contribution in [1.82, 2.24) is 0 Å². The molecule has 0 aliphatic carbocycles. The smallest absolute Gasteiger partial charge is 0.0917 e. The molecule has 0 saturated carbocycles. The Morgan fingerprint density at radius 2 is 1.76 bits per heavy atom. The Morgan fingerprint density at radius 3 is 2.29 bits per heavy atom. The van der Waals surface area contributed by atoms with Crippen LogP contribution in [0.3, 0.4) is 0 Å². The van der Waals surface area contributed by atoms with Crippen molar-refractivity contribution in [3.05, 3.63) is 35.4 Å². The van der Waals surface area contributed by atoms with Gasteiger partial charge in [0.15, 0.2) is 0 Å². The molecule has 0 amide bonds. The van der Waals surface area contributed by atoms with Gasteiger partial charge in [-0.05, 0) is 43.2 Å². The average Bonchev–Trinajstić information content (AvgIpc) is 2.69. The Labute approximate surface area is 108 Å².